The van der Waals surface area contributed by atoms with Crippen molar-refractivity contribution in [2.24, 2.45) is 5.10 Å². The number of anilines is 1. The number of aryl methyl sites for hydroxylation is 2. The summed E-state index contributed by atoms with van der Waals surface area (Å²) in [4.78, 5) is 12.0. The standard InChI is InChI=1S/C26H28BrN3O4/c1-4-32-24-16-20(17-28-30-26(31)29-21-8-6-5-7-9-21)15-23(27)25(24)34-13-12-33-22-11-10-18(2)19(3)14-22/h5-11,14-17H,4,12-13H2,1-3H3,(H2,29,30,31)/b28-17-. The maximum absolute atomic E-state index is 12.0. The first-order valence-corrected chi connectivity index (χ1v) is 11.7. The van der Waals surface area contributed by atoms with Crippen LogP contribution in [0.15, 0.2) is 70.2 Å². The zero-order valence-electron chi connectivity index (χ0n) is 19.4. The molecule has 0 aromatic heterocycles. The fraction of sp³-hybridized carbons (Fsp3) is 0.231. The molecular weight excluding hydrogens is 498 g/mol. The number of urea groups is 1. The molecule has 178 valence electrons. The summed E-state index contributed by atoms with van der Waals surface area (Å²) in [6.07, 6.45) is 1.53. The average molecular weight is 526 g/mol. The number of benzene rings is 3. The molecule has 3 aromatic rings. The molecule has 0 unspecified atom stereocenters. The van der Waals surface area contributed by atoms with Crippen molar-refractivity contribution in [2.75, 3.05) is 25.1 Å². The SMILES string of the molecule is CCOc1cc(/C=N\NC(=O)Nc2ccccc2)cc(Br)c1OCCOc1ccc(C)c(C)c1. The van der Waals surface area contributed by atoms with Crippen LogP contribution in [0.2, 0.25) is 0 Å². The van der Waals surface area contributed by atoms with E-state index >= 15 is 0 Å². The van der Waals surface area contributed by atoms with Gasteiger partial charge < -0.3 is 19.5 Å². The van der Waals surface area contributed by atoms with E-state index in [1.807, 2.05) is 49.4 Å². The monoisotopic (exact) mass is 525 g/mol. The lowest BCUT2D eigenvalue weighted by Crippen LogP contribution is -2.24. The van der Waals surface area contributed by atoms with Crippen LogP contribution in [0.1, 0.15) is 23.6 Å². The number of hydrazone groups is 1. The molecule has 0 heterocycles. The van der Waals surface area contributed by atoms with E-state index in [2.05, 4.69) is 45.6 Å². The summed E-state index contributed by atoms with van der Waals surface area (Å²) in [7, 11) is 0. The number of halogens is 1. The smallest absolute Gasteiger partial charge is 0.339 e. The average Bonchev–Trinajstić information content (AvgIpc) is 2.81. The molecule has 3 aromatic carbocycles. The highest BCUT2D eigenvalue weighted by Crippen LogP contribution is 2.36. The quantitative estimate of drug-likeness (QED) is 0.191. The van der Waals surface area contributed by atoms with Crippen LogP contribution in [-0.4, -0.2) is 32.1 Å². The Morgan fingerprint density at radius 1 is 0.971 bits per heavy atom. The van der Waals surface area contributed by atoms with Gasteiger partial charge in [0.2, 0.25) is 0 Å². The van der Waals surface area contributed by atoms with Crippen molar-refractivity contribution in [1.29, 1.82) is 0 Å². The third-order valence-corrected chi connectivity index (χ3v) is 5.41. The second-order valence-corrected chi connectivity index (χ2v) is 8.25. The van der Waals surface area contributed by atoms with Crippen molar-refractivity contribution in [3.63, 3.8) is 0 Å². The summed E-state index contributed by atoms with van der Waals surface area (Å²) in [6.45, 7) is 7.24. The minimum atomic E-state index is -0.435. The third-order valence-electron chi connectivity index (χ3n) is 4.82. The predicted octanol–water partition coefficient (Wildman–Crippen LogP) is 6.08. The molecule has 8 heteroatoms. The maximum Gasteiger partial charge on any atom is 0.339 e. The van der Waals surface area contributed by atoms with Gasteiger partial charge in [-0.05, 0) is 89.8 Å². The molecule has 0 saturated heterocycles. The zero-order valence-corrected chi connectivity index (χ0v) is 21.0. The van der Waals surface area contributed by atoms with E-state index in [1.165, 1.54) is 17.3 Å². The number of hydrogen-bond acceptors (Lipinski definition) is 5. The Kier molecular flexibility index (Phi) is 9.34. The molecule has 0 spiro atoms. The van der Waals surface area contributed by atoms with Crippen molar-refractivity contribution in [3.8, 4) is 17.2 Å². The van der Waals surface area contributed by atoms with Crippen molar-refractivity contribution in [1.82, 2.24) is 5.43 Å². The lowest BCUT2D eigenvalue weighted by molar-refractivity contribution is 0.207. The topological polar surface area (TPSA) is 81.2 Å². The lowest BCUT2D eigenvalue weighted by Gasteiger charge is -2.15. The largest absolute Gasteiger partial charge is 0.490 e. The van der Waals surface area contributed by atoms with Gasteiger partial charge in [0, 0.05) is 5.69 Å². The number of rotatable bonds is 10. The summed E-state index contributed by atoms with van der Waals surface area (Å²) in [5.41, 5.74) is 6.27. The van der Waals surface area contributed by atoms with E-state index in [-0.39, 0.29) is 0 Å². The third kappa shape index (κ3) is 7.52. The number of amides is 2. The lowest BCUT2D eigenvalue weighted by atomic mass is 10.1. The first-order chi connectivity index (χ1) is 16.5. The van der Waals surface area contributed by atoms with Crippen LogP contribution >= 0.6 is 15.9 Å². The molecule has 0 bridgehead atoms. The Morgan fingerprint density at radius 2 is 1.74 bits per heavy atom. The van der Waals surface area contributed by atoms with Gasteiger partial charge in [-0.25, -0.2) is 10.2 Å². The fourth-order valence-electron chi connectivity index (χ4n) is 3.02. The summed E-state index contributed by atoms with van der Waals surface area (Å²) in [6, 6.07) is 18.3. The van der Waals surface area contributed by atoms with Gasteiger partial charge >= 0.3 is 6.03 Å². The molecule has 0 atom stereocenters. The van der Waals surface area contributed by atoms with E-state index in [0.29, 0.717) is 41.5 Å². The van der Waals surface area contributed by atoms with Crippen molar-refractivity contribution < 1.29 is 19.0 Å². The molecular formula is C26H28BrN3O4. The summed E-state index contributed by atoms with van der Waals surface area (Å²) >= 11 is 3.54. The number of carbonyl (C=O) groups excluding carboxylic acids is 1. The minimum absolute atomic E-state index is 0.347. The van der Waals surface area contributed by atoms with Crippen LogP contribution in [0, 0.1) is 13.8 Å². The van der Waals surface area contributed by atoms with Gasteiger partial charge in [-0.15, -0.1) is 0 Å². The first kappa shape index (κ1) is 25.1. The van der Waals surface area contributed by atoms with E-state index in [1.54, 1.807) is 18.2 Å². The van der Waals surface area contributed by atoms with Crippen molar-refractivity contribution in [3.05, 3.63) is 81.8 Å². The van der Waals surface area contributed by atoms with Gasteiger partial charge in [-0.2, -0.15) is 5.10 Å². The molecule has 0 fully saturated rings. The molecule has 3 rings (SSSR count). The summed E-state index contributed by atoms with van der Waals surface area (Å²) in [5, 5.41) is 6.70. The number of nitrogens with one attached hydrogen (secondary N) is 2. The Bertz CT molecular complexity index is 1140. The highest BCUT2D eigenvalue weighted by atomic mass is 79.9. The molecule has 0 aliphatic rings. The number of hydrogen-bond donors (Lipinski definition) is 2. The van der Waals surface area contributed by atoms with E-state index in [4.69, 9.17) is 14.2 Å². The Hall–Kier alpha value is -3.52. The van der Waals surface area contributed by atoms with Gasteiger partial charge in [0.25, 0.3) is 0 Å². The van der Waals surface area contributed by atoms with Crippen molar-refractivity contribution >= 4 is 33.9 Å². The van der Waals surface area contributed by atoms with E-state index < -0.39 is 6.03 Å². The van der Waals surface area contributed by atoms with Crippen LogP contribution < -0.4 is 25.0 Å². The molecule has 0 saturated carbocycles. The Morgan fingerprint density at radius 3 is 2.47 bits per heavy atom. The molecule has 2 amide bonds. The number of carbonyl (C=O) groups is 1. The number of para-hydroxylation sites is 1. The van der Waals surface area contributed by atoms with Gasteiger partial charge in [0.15, 0.2) is 11.5 Å². The van der Waals surface area contributed by atoms with Gasteiger partial charge in [-0.3, -0.25) is 0 Å². The highest BCUT2D eigenvalue weighted by molar-refractivity contribution is 9.10. The highest BCUT2D eigenvalue weighted by Gasteiger charge is 2.12. The van der Waals surface area contributed by atoms with Crippen LogP contribution in [0.4, 0.5) is 10.5 Å². The zero-order chi connectivity index (χ0) is 24.3. The summed E-state index contributed by atoms with van der Waals surface area (Å²) < 4.78 is 18.2. The molecule has 0 aliphatic heterocycles. The first-order valence-electron chi connectivity index (χ1n) is 10.9. The Balaban J connectivity index is 1.57. The molecule has 0 radical (unpaired) electrons. The Labute approximate surface area is 208 Å². The maximum atomic E-state index is 12.0. The molecule has 7 nitrogen and oxygen atoms in total. The van der Waals surface area contributed by atoms with Crippen LogP contribution in [0.25, 0.3) is 0 Å². The normalized spacial score (nSPS) is 10.7. The molecule has 0 aliphatic carbocycles. The minimum Gasteiger partial charge on any atom is -0.490 e. The molecule has 2 N–H and O–H groups in total. The fourth-order valence-corrected chi connectivity index (χ4v) is 3.59. The van der Waals surface area contributed by atoms with Crippen LogP contribution in [0.3, 0.4) is 0 Å². The molecule has 34 heavy (non-hydrogen) atoms. The van der Waals surface area contributed by atoms with Crippen LogP contribution in [0.5, 0.6) is 17.2 Å². The summed E-state index contributed by atoms with van der Waals surface area (Å²) in [5.74, 6) is 1.96. The second kappa shape index (κ2) is 12.6. The number of nitrogens with zero attached hydrogens (tertiary/aromatic N) is 1. The predicted molar refractivity (Wildman–Crippen MR) is 138 cm³/mol. The van der Waals surface area contributed by atoms with Gasteiger partial charge in [0.1, 0.15) is 19.0 Å². The second-order valence-electron chi connectivity index (χ2n) is 7.40. The number of ether oxygens (including phenoxy) is 3. The van der Waals surface area contributed by atoms with E-state index in [0.717, 1.165) is 11.3 Å². The van der Waals surface area contributed by atoms with Crippen molar-refractivity contribution in [2.45, 2.75) is 20.8 Å². The van der Waals surface area contributed by atoms with E-state index in [9.17, 15) is 4.79 Å². The van der Waals surface area contributed by atoms with Crippen LogP contribution in [-0.2, 0) is 0 Å². The van der Waals surface area contributed by atoms with Gasteiger partial charge in [-0.1, -0.05) is 24.3 Å². The van der Waals surface area contributed by atoms with Gasteiger partial charge in [0.05, 0.1) is 17.3 Å².